The number of aromatic nitrogens is 4. The summed E-state index contributed by atoms with van der Waals surface area (Å²) in [5.41, 5.74) is 1.91. The minimum atomic E-state index is -0.200. The Morgan fingerprint density at radius 2 is 2.00 bits per heavy atom. The smallest absolute Gasteiger partial charge is 0.264 e. The van der Waals surface area contributed by atoms with Crippen molar-refractivity contribution in [3.8, 4) is 0 Å². The van der Waals surface area contributed by atoms with E-state index in [1.807, 2.05) is 30.3 Å². The summed E-state index contributed by atoms with van der Waals surface area (Å²) in [6.07, 6.45) is 3.06. The number of amides is 1. The molecule has 0 saturated carbocycles. The van der Waals surface area contributed by atoms with Crippen molar-refractivity contribution < 1.29 is 9.21 Å². The topological polar surface area (TPSA) is 95.0 Å². The number of nitrogens with zero attached hydrogens (tertiary/aromatic N) is 4. The molecular formula is C21H21N5O3. The predicted octanol–water partition coefficient (Wildman–Crippen LogP) is 2.28. The van der Waals surface area contributed by atoms with E-state index in [2.05, 4.69) is 15.4 Å². The van der Waals surface area contributed by atoms with Crippen molar-refractivity contribution in [3.05, 3.63) is 81.9 Å². The van der Waals surface area contributed by atoms with Gasteiger partial charge in [-0.1, -0.05) is 30.3 Å². The third kappa shape index (κ3) is 3.82. The molecule has 0 aliphatic carbocycles. The van der Waals surface area contributed by atoms with Crippen molar-refractivity contribution >= 4 is 16.9 Å². The minimum absolute atomic E-state index is 0.140. The predicted molar refractivity (Wildman–Crippen MR) is 108 cm³/mol. The molecule has 8 heteroatoms. The molecule has 0 fully saturated rings. The van der Waals surface area contributed by atoms with Gasteiger partial charge in [0.2, 0.25) is 0 Å². The van der Waals surface area contributed by atoms with Crippen LogP contribution in [-0.4, -0.2) is 31.8 Å². The van der Waals surface area contributed by atoms with Crippen LogP contribution in [0.15, 0.2) is 58.1 Å². The second-order valence-electron chi connectivity index (χ2n) is 6.85. The SMILES string of the molecule is Cc1cc(C(=O)NCCn2ncc3c(=O)n(Cc4ccccc4)cnc32)c(C)o1. The number of rotatable bonds is 6. The summed E-state index contributed by atoms with van der Waals surface area (Å²) in [5, 5.41) is 7.57. The van der Waals surface area contributed by atoms with E-state index in [0.717, 1.165) is 5.56 Å². The number of aryl methyl sites for hydroxylation is 2. The second kappa shape index (κ2) is 7.75. The highest BCUT2D eigenvalue weighted by atomic mass is 16.3. The van der Waals surface area contributed by atoms with Crippen molar-refractivity contribution in [2.45, 2.75) is 26.9 Å². The molecule has 8 nitrogen and oxygen atoms in total. The molecule has 0 unspecified atom stereocenters. The Hall–Kier alpha value is -3.68. The Balaban J connectivity index is 1.46. The highest BCUT2D eigenvalue weighted by Crippen LogP contribution is 2.13. The first-order chi connectivity index (χ1) is 14.0. The molecule has 4 rings (SSSR count). The van der Waals surface area contributed by atoms with E-state index < -0.39 is 0 Å². The zero-order chi connectivity index (χ0) is 20.4. The molecule has 3 aromatic heterocycles. The van der Waals surface area contributed by atoms with Crippen LogP contribution in [0.5, 0.6) is 0 Å². The molecule has 3 heterocycles. The van der Waals surface area contributed by atoms with Gasteiger partial charge in [-0.15, -0.1) is 0 Å². The summed E-state index contributed by atoms with van der Waals surface area (Å²) in [6, 6.07) is 11.4. The first-order valence-electron chi connectivity index (χ1n) is 9.33. The van der Waals surface area contributed by atoms with Gasteiger partial charge in [0.25, 0.3) is 11.5 Å². The van der Waals surface area contributed by atoms with Crippen molar-refractivity contribution in [3.63, 3.8) is 0 Å². The van der Waals surface area contributed by atoms with Crippen molar-refractivity contribution in [2.24, 2.45) is 0 Å². The number of benzene rings is 1. The first-order valence-corrected chi connectivity index (χ1v) is 9.33. The van der Waals surface area contributed by atoms with E-state index in [1.54, 1.807) is 29.2 Å². The van der Waals surface area contributed by atoms with Crippen molar-refractivity contribution in [2.75, 3.05) is 6.54 Å². The van der Waals surface area contributed by atoms with Crippen LogP contribution in [0.1, 0.15) is 27.4 Å². The fraction of sp³-hybridized carbons (Fsp3) is 0.238. The van der Waals surface area contributed by atoms with E-state index >= 15 is 0 Å². The molecule has 0 saturated heterocycles. The van der Waals surface area contributed by atoms with Gasteiger partial charge in [0, 0.05) is 6.54 Å². The maximum Gasteiger partial charge on any atom is 0.264 e. The zero-order valence-electron chi connectivity index (χ0n) is 16.3. The first kappa shape index (κ1) is 18.7. The van der Waals surface area contributed by atoms with Gasteiger partial charge < -0.3 is 9.73 Å². The third-order valence-electron chi connectivity index (χ3n) is 4.71. The van der Waals surface area contributed by atoms with Crippen LogP contribution in [0.2, 0.25) is 0 Å². The number of nitrogens with one attached hydrogen (secondary N) is 1. The molecule has 1 N–H and O–H groups in total. The Bertz CT molecular complexity index is 1220. The molecule has 4 aromatic rings. The van der Waals surface area contributed by atoms with Crippen molar-refractivity contribution in [1.82, 2.24) is 24.6 Å². The monoisotopic (exact) mass is 391 g/mol. The summed E-state index contributed by atoms with van der Waals surface area (Å²) in [5.74, 6) is 1.08. The number of carbonyl (C=O) groups is 1. The third-order valence-corrected chi connectivity index (χ3v) is 4.71. The summed E-state index contributed by atoms with van der Waals surface area (Å²) in [6.45, 7) is 4.77. The Kier molecular flexibility index (Phi) is 4.99. The lowest BCUT2D eigenvalue weighted by Crippen LogP contribution is -2.28. The van der Waals surface area contributed by atoms with Crippen LogP contribution in [0.4, 0.5) is 0 Å². The molecule has 0 bridgehead atoms. The minimum Gasteiger partial charge on any atom is -0.466 e. The summed E-state index contributed by atoms with van der Waals surface area (Å²) in [4.78, 5) is 29.4. The Morgan fingerprint density at radius 3 is 2.72 bits per heavy atom. The summed E-state index contributed by atoms with van der Waals surface area (Å²) < 4.78 is 8.57. The van der Waals surface area contributed by atoms with E-state index in [0.29, 0.717) is 47.8 Å². The quantitative estimate of drug-likeness (QED) is 0.544. The Labute approximate surface area is 166 Å². The molecular weight excluding hydrogens is 370 g/mol. The molecule has 0 aliphatic rings. The fourth-order valence-corrected chi connectivity index (χ4v) is 3.28. The largest absolute Gasteiger partial charge is 0.466 e. The van der Waals surface area contributed by atoms with Gasteiger partial charge >= 0.3 is 0 Å². The van der Waals surface area contributed by atoms with E-state index in [-0.39, 0.29) is 11.5 Å². The maximum absolute atomic E-state index is 12.7. The van der Waals surface area contributed by atoms with Crippen LogP contribution in [-0.2, 0) is 13.1 Å². The van der Waals surface area contributed by atoms with Crippen molar-refractivity contribution in [1.29, 1.82) is 0 Å². The second-order valence-corrected chi connectivity index (χ2v) is 6.85. The van der Waals surface area contributed by atoms with Gasteiger partial charge in [-0.05, 0) is 25.5 Å². The van der Waals surface area contributed by atoms with E-state index in [9.17, 15) is 9.59 Å². The van der Waals surface area contributed by atoms with Gasteiger partial charge in [-0.3, -0.25) is 14.2 Å². The standard InChI is InChI=1S/C21H21N5O3/c1-14-10-17(15(2)29-14)20(27)22-8-9-26-19-18(11-24-26)21(28)25(13-23-19)12-16-6-4-3-5-7-16/h3-7,10-11,13H,8-9,12H2,1-2H3,(H,22,27). The lowest BCUT2D eigenvalue weighted by molar-refractivity contribution is 0.0950. The maximum atomic E-state index is 12.7. The number of furan rings is 1. The Morgan fingerprint density at radius 1 is 1.21 bits per heavy atom. The number of carbonyl (C=O) groups excluding carboxylic acids is 1. The molecule has 1 aromatic carbocycles. The van der Waals surface area contributed by atoms with E-state index in [4.69, 9.17) is 4.42 Å². The number of fused-ring (bicyclic) bond motifs is 1. The van der Waals surface area contributed by atoms with Gasteiger partial charge in [-0.25, -0.2) is 9.67 Å². The summed E-state index contributed by atoms with van der Waals surface area (Å²) >= 11 is 0. The van der Waals surface area contributed by atoms with Crippen LogP contribution in [0, 0.1) is 13.8 Å². The van der Waals surface area contributed by atoms with Gasteiger partial charge in [0.1, 0.15) is 23.2 Å². The molecule has 0 aliphatic heterocycles. The summed E-state index contributed by atoms with van der Waals surface area (Å²) in [7, 11) is 0. The normalized spacial score (nSPS) is 11.1. The fourth-order valence-electron chi connectivity index (χ4n) is 3.28. The number of hydrogen-bond donors (Lipinski definition) is 1. The average molecular weight is 391 g/mol. The molecule has 29 heavy (non-hydrogen) atoms. The average Bonchev–Trinajstić information content (AvgIpc) is 3.28. The number of hydrogen-bond acceptors (Lipinski definition) is 5. The van der Waals surface area contributed by atoms with Gasteiger partial charge in [0.15, 0.2) is 5.65 Å². The molecule has 0 radical (unpaired) electrons. The van der Waals surface area contributed by atoms with Crippen LogP contribution < -0.4 is 10.9 Å². The van der Waals surface area contributed by atoms with Gasteiger partial charge in [-0.2, -0.15) is 5.10 Å². The zero-order valence-corrected chi connectivity index (χ0v) is 16.3. The lowest BCUT2D eigenvalue weighted by Gasteiger charge is -2.07. The van der Waals surface area contributed by atoms with Crippen LogP contribution in [0.3, 0.4) is 0 Å². The molecule has 1 amide bonds. The highest BCUT2D eigenvalue weighted by molar-refractivity contribution is 5.95. The highest BCUT2D eigenvalue weighted by Gasteiger charge is 2.14. The van der Waals surface area contributed by atoms with Gasteiger partial charge in [0.05, 0.1) is 24.8 Å². The molecule has 0 spiro atoms. The lowest BCUT2D eigenvalue weighted by atomic mass is 10.2. The molecule has 0 atom stereocenters. The molecule has 148 valence electrons. The van der Waals surface area contributed by atoms with E-state index in [1.165, 1.54) is 12.5 Å². The van der Waals surface area contributed by atoms with Crippen LogP contribution >= 0.6 is 0 Å². The van der Waals surface area contributed by atoms with Crippen LogP contribution in [0.25, 0.3) is 11.0 Å².